The second-order valence-electron chi connectivity index (χ2n) is 6.34. The number of aliphatic hydroxyl groups is 1. The molecular formula is C20H21N5O5S. The van der Waals surface area contributed by atoms with Crippen LogP contribution in [0.5, 0.6) is 17.2 Å². The SMILES string of the molecule is COc1cc2c(NSc3c(OC)cccc3OC)noc2cc1Nc1cc(CO)[nH]n1. The minimum Gasteiger partial charge on any atom is -0.495 e. The molecule has 2 aromatic heterocycles. The number of ether oxygens (including phenoxy) is 3. The van der Waals surface area contributed by atoms with E-state index in [0.29, 0.717) is 45.8 Å². The molecule has 0 spiro atoms. The lowest BCUT2D eigenvalue weighted by Crippen LogP contribution is -1.96. The summed E-state index contributed by atoms with van der Waals surface area (Å²) in [7, 11) is 4.78. The zero-order chi connectivity index (χ0) is 21.8. The largest absolute Gasteiger partial charge is 0.495 e. The molecule has 4 N–H and O–H groups in total. The van der Waals surface area contributed by atoms with E-state index in [-0.39, 0.29) is 6.61 Å². The van der Waals surface area contributed by atoms with Gasteiger partial charge in [-0.05, 0) is 30.1 Å². The molecular weight excluding hydrogens is 422 g/mol. The van der Waals surface area contributed by atoms with Crippen molar-refractivity contribution in [1.29, 1.82) is 0 Å². The van der Waals surface area contributed by atoms with Gasteiger partial charge < -0.3 is 33.9 Å². The van der Waals surface area contributed by atoms with Crippen LogP contribution in [0.4, 0.5) is 17.3 Å². The summed E-state index contributed by atoms with van der Waals surface area (Å²) in [6.45, 7) is -0.128. The Morgan fingerprint density at radius 2 is 1.81 bits per heavy atom. The van der Waals surface area contributed by atoms with Gasteiger partial charge in [0.05, 0.1) is 44.7 Å². The monoisotopic (exact) mass is 443 g/mol. The van der Waals surface area contributed by atoms with Crippen molar-refractivity contribution in [1.82, 2.24) is 15.4 Å². The topological polar surface area (TPSA) is 127 Å². The lowest BCUT2D eigenvalue weighted by atomic mass is 10.2. The lowest BCUT2D eigenvalue weighted by Gasteiger charge is -2.12. The Bertz CT molecular complexity index is 1170. The Labute approximate surface area is 182 Å². The molecule has 0 aliphatic carbocycles. The number of anilines is 3. The molecule has 4 rings (SSSR count). The van der Waals surface area contributed by atoms with E-state index < -0.39 is 0 Å². The van der Waals surface area contributed by atoms with Crippen LogP contribution >= 0.6 is 11.9 Å². The minimum absolute atomic E-state index is 0.128. The van der Waals surface area contributed by atoms with E-state index in [9.17, 15) is 5.11 Å². The molecule has 2 aromatic carbocycles. The molecule has 0 bridgehead atoms. The third-order valence-corrected chi connectivity index (χ3v) is 5.39. The van der Waals surface area contributed by atoms with Crippen molar-refractivity contribution in [3.05, 3.63) is 42.1 Å². The van der Waals surface area contributed by atoms with Crippen LogP contribution in [-0.2, 0) is 6.61 Å². The van der Waals surface area contributed by atoms with E-state index in [1.165, 1.54) is 11.9 Å². The van der Waals surface area contributed by atoms with Crippen LogP contribution < -0.4 is 24.2 Å². The van der Waals surface area contributed by atoms with E-state index in [1.807, 2.05) is 24.3 Å². The fourth-order valence-corrected chi connectivity index (χ4v) is 3.82. The first kappa shape index (κ1) is 20.7. The summed E-state index contributed by atoms with van der Waals surface area (Å²) < 4.78 is 25.1. The van der Waals surface area contributed by atoms with E-state index in [2.05, 4.69) is 25.4 Å². The maximum Gasteiger partial charge on any atom is 0.187 e. The highest BCUT2D eigenvalue weighted by molar-refractivity contribution is 8.00. The predicted molar refractivity (Wildman–Crippen MR) is 117 cm³/mol. The molecule has 0 aliphatic heterocycles. The zero-order valence-electron chi connectivity index (χ0n) is 17.1. The Morgan fingerprint density at radius 1 is 1.06 bits per heavy atom. The van der Waals surface area contributed by atoms with E-state index >= 15 is 0 Å². The van der Waals surface area contributed by atoms with Crippen LogP contribution in [0, 0.1) is 0 Å². The summed E-state index contributed by atoms with van der Waals surface area (Å²) in [5, 5.41) is 24.0. The van der Waals surface area contributed by atoms with Crippen molar-refractivity contribution in [3.8, 4) is 17.2 Å². The van der Waals surface area contributed by atoms with Gasteiger partial charge in [0, 0.05) is 12.1 Å². The molecule has 0 fully saturated rings. The molecule has 0 atom stereocenters. The lowest BCUT2D eigenvalue weighted by molar-refractivity contribution is 0.276. The van der Waals surface area contributed by atoms with Crippen LogP contribution in [0.25, 0.3) is 11.0 Å². The summed E-state index contributed by atoms with van der Waals surface area (Å²) in [5.74, 6) is 3.00. The number of nitrogens with one attached hydrogen (secondary N) is 3. The van der Waals surface area contributed by atoms with E-state index in [0.717, 1.165) is 10.3 Å². The van der Waals surface area contributed by atoms with Gasteiger partial charge in [0.1, 0.15) is 22.1 Å². The number of aromatic amines is 1. The summed E-state index contributed by atoms with van der Waals surface area (Å²) in [6.07, 6.45) is 0. The minimum atomic E-state index is -0.128. The van der Waals surface area contributed by atoms with Crippen LogP contribution in [0.1, 0.15) is 5.69 Å². The van der Waals surface area contributed by atoms with Gasteiger partial charge in [-0.3, -0.25) is 5.10 Å². The Balaban J connectivity index is 1.61. The van der Waals surface area contributed by atoms with Gasteiger partial charge in [-0.15, -0.1) is 0 Å². The third kappa shape index (κ3) is 4.18. The second kappa shape index (κ2) is 9.06. The molecule has 0 unspecified atom stereocenters. The number of hydrogen-bond acceptors (Lipinski definition) is 10. The predicted octanol–water partition coefficient (Wildman–Crippen LogP) is 3.93. The van der Waals surface area contributed by atoms with Gasteiger partial charge in [0.15, 0.2) is 17.2 Å². The number of nitrogens with zero attached hydrogens (tertiary/aromatic N) is 2. The Morgan fingerprint density at radius 3 is 2.45 bits per heavy atom. The van der Waals surface area contributed by atoms with Crippen LogP contribution in [0.2, 0.25) is 0 Å². The first-order valence-corrected chi connectivity index (χ1v) is 10.0. The summed E-state index contributed by atoms with van der Waals surface area (Å²) in [6, 6.07) is 10.9. The number of aliphatic hydroxyl groups excluding tert-OH is 1. The summed E-state index contributed by atoms with van der Waals surface area (Å²) in [4.78, 5) is 0.784. The average molecular weight is 443 g/mol. The first-order valence-electron chi connectivity index (χ1n) is 9.20. The smallest absolute Gasteiger partial charge is 0.187 e. The number of benzene rings is 2. The average Bonchev–Trinajstić information content (AvgIpc) is 3.43. The molecule has 0 saturated carbocycles. The number of hydrogen-bond donors (Lipinski definition) is 4. The maximum absolute atomic E-state index is 9.19. The van der Waals surface area contributed by atoms with Gasteiger partial charge in [0.2, 0.25) is 0 Å². The van der Waals surface area contributed by atoms with Crippen molar-refractivity contribution >= 4 is 40.2 Å². The van der Waals surface area contributed by atoms with Crippen LogP contribution in [-0.4, -0.2) is 41.8 Å². The van der Waals surface area contributed by atoms with Gasteiger partial charge >= 0.3 is 0 Å². The van der Waals surface area contributed by atoms with Crippen LogP contribution in [0.3, 0.4) is 0 Å². The van der Waals surface area contributed by atoms with Crippen molar-refractivity contribution in [2.75, 3.05) is 31.4 Å². The first-order chi connectivity index (χ1) is 15.2. The number of H-pyrrole nitrogens is 1. The van der Waals surface area contributed by atoms with Gasteiger partial charge in [-0.25, -0.2) is 0 Å². The standard InChI is InChI=1S/C20H21N5O5S/c1-27-14-5-4-6-15(28-2)19(14)31-25-20-12-8-17(29-3)13(9-16(12)30-24-20)21-18-7-11(10-26)22-23-18/h4-9,26H,10H2,1-3H3,(H,24,25)(H2,21,22,23). The van der Waals surface area contributed by atoms with Gasteiger partial charge in [-0.2, -0.15) is 5.10 Å². The fraction of sp³-hybridized carbons (Fsp3) is 0.200. The van der Waals surface area contributed by atoms with Gasteiger partial charge in [0.25, 0.3) is 0 Å². The fourth-order valence-electron chi connectivity index (χ4n) is 2.97. The van der Waals surface area contributed by atoms with E-state index in [4.69, 9.17) is 18.7 Å². The van der Waals surface area contributed by atoms with Crippen LogP contribution in [0.15, 0.2) is 45.8 Å². The molecule has 0 radical (unpaired) electrons. The highest BCUT2D eigenvalue weighted by Gasteiger charge is 2.17. The Kier molecular flexibility index (Phi) is 6.05. The normalized spacial score (nSPS) is 10.8. The molecule has 0 saturated heterocycles. The quantitative estimate of drug-likeness (QED) is 0.283. The second-order valence-corrected chi connectivity index (χ2v) is 7.15. The van der Waals surface area contributed by atoms with Crippen molar-refractivity contribution < 1.29 is 23.8 Å². The zero-order valence-corrected chi connectivity index (χ0v) is 17.9. The highest BCUT2D eigenvalue weighted by Crippen LogP contribution is 2.40. The van der Waals surface area contributed by atoms with Crippen molar-refractivity contribution in [3.63, 3.8) is 0 Å². The maximum atomic E-state index is 9.19. The third-order valence-electron chi connectivity index (χ3n) is 4.49. The number of aromatic nitrogens is 3. The Hall–Kier alpha value is -3.57. The molecule has 4 aromatic rings. The van der Waals surface area contributed by atoms with Crippen molar-refractivity contribution in [2.24, 2.45) is 0 Å². The number of fused-ring (bicyclic) bond motifs is 1. The van der Waals surface area contributed by atoms with Gasteiger partial charge in [-0.1, -0.05) is 11.2 Å². The molecule has 10 nitrogen and oxygen atoms in total. The van der Waals surface area contributed by atoms with E-state index in [1.54, 1.807) is 33.5 Å². The molecule has 31 heavy (non-hydrogen) atoms. The molecule has 162 valence electrons. The molecule has 2 heterocycles. The highest BCUT2D eigenvalue weighted by atomic mass is 32.2. The molecule has 0 amide bonds. The van der Waals surface area contributed by atoms with Crippen molar-refractivity contribution in [2.45, 2.75) is 11.5 Å². The summed E-state index contributed by atoms with van der Waals surface area (Å²) in [5.41, 5.74) is 1.79. The number of methoxy groups -OCH3 is 3. The summed E-state index contributed by atoms with van der Waals surface area (Å²) >= 11 is 1.30. The number of rotatable bonds is 9. The molecule has 0 aliphatic rings. The molecule has 11 heteroatoms.